The maximum atomic E-state index is 9.00. The Morgan fingerprint density at radius 1 is 1.78 bits per heavy atom. The molecule has 1 N–H and O–H groups in total. The molecule has 0 aliphatic carbocycles. The molecule has 54 valence electrons. The van der Waals surface area contributed by atoms with Crippen LogP contribution in [-0.2, 0) is 9.47 Å². The van der Waals surface area contributed by atoms with Crippen LogP contribution >= 0.6 is 0 Å². The molecule has 0 aliphatic rings. The van der Waals surface area contributed by atoms with Crippen molar-refractivity contribution in [3.05, 3.63) is 12.8 Å². The zero-order valence-corrected chi connectivity index (χ0v) is 5.76. The van der Waals surface area contributed by atoms with E-state index in [2.05, 4.69) is 11.3 Å². The van der Waals surface area contributed by atoms with Crippen molar-refractivity contribution in [1.82, 2.24) is 0 Å². The Kier molecular flexibility index (Phi) is 3.27. The number of aliphatic hydroxyl groups is 1. The van der Waals surface area contributed by atoms with E-state index in [9.17, 15) is 0 Å². The molecule has 0 fully saturated rings. The third kappa shape index (κ3) is 4.00. The van der Waals surface area contributed by atoms with Crippen molar-refractivity contribution in [3.63, 3.8) is 0 Å². The summed E-state index contributed by atoms with van der Waals surface area (Å²) in [6.07, 6.45) is 1.13. The highest BCUT2D eigenvalue weighted by Crippen LogP contribution is 2.06. The van der Waals surface area contributed by atoms with Crippen molar-refractivity contribution in [1.29, 1.82) is 0 Å². The maximum absolute atomic E-state index is 9.00. The lowest BCUT2D eigenvalue weighted by atomic mass is 10.6. The number of hydrogen-bond donors (Lipinski definition) is 1. The van der Waals surface area contributed by atoms with Crippen molar-refractivity contribution in [2.45, 2.75) is 19.8 Å². The van der Waals surface area contributed by atoms with E-state index in [4.69, 9.17) is 9.84 Å². The molecule has 0 rings (SSSR count). The molecule has 0 bridgehead atoms. The average Bonchev–Trinajstić information content (AvgIpc) is 1.64. The van der Waals surface area contributed by atoms with Crippen LogP contribution < -0.4 is 0 Å². The van der Waals surface area contributed by atoms with E-state index in [-0.39, 0.29) is 0 Å². The SMILES string of the molecule is C=COC(C)(O)OCC. The lowest BCUT2D eigenvalue weighted by molar-refractivity contribution is -0.324. The summed E-state index contributed by atoms with van der Waals surface area (Å²) >= 11 is 0. The Hall–Kier alpha value is -0.540. The van der Waals surface area contributed by atoms with Crippen LogP contribution in [0.1, 0.15) is 13.8 Å². The van der Waals surface area contributed by atoms with Gasteiger partial charge in [0.25, 0.3) is 0 Å². The first-order valence-electron chi connectivity index (χ1n) is 2.77. The second-order valence-corrected chi connectivity index (χ2v) is 1.62. The molecule has 0 aromatic carbocycles. The van der Waals surface area contributed by atoms with Crippen molar-refractivity contribution in [2.75, 3.05) is 6.61 Å². The van der Waals surface area contributed by atoms with Gasteiger partial charge >= 0.3 is 5.97 Å². The van der Waals surface area contributed by atoms with E-state index in [1.807, 2.05) is 0 Å². The Bertz CT molecular complexity index is 88.3. The molecule has 0 saturated heterocycles. The van der Waals surface area contributed by atoms with Gasteiger partial charge in [0, 0.05) is 6.92 Å². The molecule has 0 aliphatic heterocycles. The molecule has 0 aromatic rings. The van der Waals surface area contributed by atoms with Gasteiger partial charge in [-0.05, 0) is 6.92 Å². The Morgan fingerprint density at radius 3 is 2.67 bits per heavy atom. The van der Waals surface area contributed by atoms with Crippen LogP contribution in [0.3, 0.4) is 0 Å². The minimum absolute atomic E-state index is 0.404. The second-order valence-electron chi connectivity index (χ2n) is 1.62. The van der Waals surface area contributed by atoms with Gasteiger partial charge in [-0.3, -0.25) is 0 Å². The van der Waals surface area contributed by atoms with Crippen LogP contribution in [0.25, 0.3) is 0 Å². The fourth-order valence-electron chi connectivity index (χ4n) is 0.456. The van der Waals surface area contributed by atoms with E-state index in [1.165, 1.54) is 6.92 Å². The van der Waals surface area contributed by atoms with E-state index in [0.717, 1.165) is 6.26 Å². The summed E-state index contributed by atoms with van der Waals surface area (Å²) in [4.78, 5) is 0. The molecule has 3 nitrogen and oxygen atoms in total. The van der Waals surface area contributed by atoms with Gasteiger partial charge < -0.3 is 14.6 Å². The lowest BCUT2D eigenvalue weighted by Crippen LogP contribution is -2.29. The average molecular weight is 132 g/mol. The topological polar surface area (TPSA) is 38.7 Å². The Morgan fingerprint density at radius 2 is 2.33 bits per heavy atom. The monoisotopic (exact) mass is 132 g/mol. The van der Waals surface area contributed by atoms with Gasteiger partial charge in [-0.2, -0.15) is 0 Å². The summed E-state index contributed by atoms with van der Waals surface area (Å²) in [5.41, 5.74) is 0. The Labute approximate surface area is 54.9 Å². The molecule has 9 heavy (non-hydrogen) atoms. The van der Waals surface area contributed by atoms with E-state index in [0.29, 0.717) is 6.61 Å². The van der Waals surface area contributed by atoms with Gasteiger partial charge in [0.1, 0.15) is 0 Å². The fraction of sp³-hybridized carbons (Fsp3) is 0.667. The van der Waals surface area contributed by atoms with Crippen molar-refractivity contribution in [2.24, 2.45) is 0 Å². The highest BCUT2D eigenvalue weighted by atomic mass is 16.8. The molecule has 0 amide bonds. The summed E-state index contributed by atoms with van der Waals surface area (Å²) in [5, 5.41) is 9.00. The van der Waals surface area contributed by atoms with Crippen LogP contribution in [0.15, 0.2) is 12.8 Å². The van der Waals surface area contributed by atoms with Crippen LogP contribution in [0.2, 0.25) is 0 Å². The molecule has 0 aromatic heterocycles. The summed E-state index contributed by atoms with van der Waals surface area (Å²) in [5.74, 6) is -1.52. The number of hydrogen-bond acceptors (Lipinski definition) is 3. The summed E-state index contributed by atoms with van der Waals surface area (Å²) in [6.45, 7) is 6.84. The van der Waals surface area contributed by atoms with Crippen LogP contribution in [0.4, 0.5) is 0 Å². The maximum Gasteiger partial charge on any atom is 0.320 e. The van der Waals surface area contributed by atoms with Crippen LogP contribution in [0.5, 0.6) is 0 Å². The largest absolute Gasteiger partial charge is 0.448 e. The fourth-order valence-corrected chi connectivity index (χ4v) is 0.456. The predicted octanol–water partition coefficient (Wildman–Crippen LogP) is 0.849. The summed E-state index contributed by atoms with van der Waals surface area (Å²) < 4.78 is 9.30. The van der Waals surface area contributed by atoms with Gasteiger partial charge in [0.2, 0.25) is 0 Å². The number of rotatable bonds is 4. The van der Waals surface area contributed by atoms with E-state index < -0.39 is 5.97 Å². The minimum atomic E-state index is -1.52. The second kappa shape index (κ2) is 3.48. The van der Waals surface area contributed by atoms with Crippen LogP contribution in [-0.4, -0.2) is 17.7 Å². The zero-order chi connectivity index (χ0) is 7.33. The van der Waals surface area contributed by atoms with E-state index >= 15 is 0 Å². The van der Waals surface area contributed by atoms with Crippen molar-refractivity contribution in [3.8, 4) is 0 Å². The highest BCUT2D eigenvalue weighted by Gasteiger charge is 2.19. The molecule has 0 spiro atoms. The minimum Gasteiger partial charge on any atom is -0.448 e. The smallest absolute Gasteiger partial charge is 0.320 e. The molecule has 0 radical (unpaired) electrons. The molecule has 0 saturated carbocycles. The zero-order valence-electron chi connectivity index (χ0n) is 5.76. The normalized spacial score (nSPS) is 16.3. The first-order valence-corrected chi connectivity index (χ1v) is 2.77. The Balaban J connectivity index is 3.55. The van der Waals surface area contributed by atoms with Gasteiger partial charge in [-0.15, -0.1) is 0 Å². The van der Waals surface area contributed by atoms with Crippen molar-refractivity contribution < 1.29 is 14.6 Å². The summed E-state index contributed by atoms with van der Waals surface area (Å²) in [7, 11) is 0. The molecule has 3 heteroatoms. The number of ether oxygens (including phenoxy) is 2. The molecular formula is C6H12O3. The molecule has 1 unspecified atom stereocenters. The standard InChI is InChI=1S/C6H12O3/c1-4-8-6(3,7)9-5-2/h4,7H,1,5H2,2-3H3. The quantitative estimate of drug-likeness (QED) is 0.455. The van der Waals surface area contributed by atoms with E-state index in [1.54, 1.807) is 6.92 Å². The summed E-state index contributed by atoms with van der Waals surface area (Å²) in [6, 6.07) is 0. The van der Waals surface area contributed by atoms with Gasteiger partial charge in [0.15, 0.2) is 0 Å². The first kappa shape index (κ1) is 8.46. The molecule has 0 heterocycles. The first-order chi connectivity index (χ1) is 4.12. The molecular weight excluding hydrogens is 120 g/mol. The third-order valence-electron chi connectivity index (χ3n) is 0.714. The highest BCUT2D eigenvalue weighted by molar-refractivity contribution is 4.53. The van der Waals surface area contributed by atoms with Crippen molar-refractivity contribution >= 4 is 0 Å². The van der Waals surface area contributed by atoms with Gasteiger partial charge in [0.05, 0.1) is 12.9 Å². The predicted molar refractivity (Wildman–Crippen MR) is 33.5 cm³/mol. The molecule has 1 atom stereocenters. The van der Waals surface area contributed by atoms with Gasteiger partial charge in [-0.25, -0.2) is 0 Å². The van der Waals surface area contributed by atoms with Gasteiger partial charge in [-0.1, -0.05) is 6.58 Å². The van der Waals surface area contributed by atoms with Crippen LogP contribution in [0, 0.1) is 0 Å². The lowest BCUT2D eigenvalue weighted by Gasteiger charge is -2.20. The third-order valence-corrected chi connectivity index (χ3v) is 0.714.